The summed E-state index contributed by atoms with van der Waals surface area (Å²) in [4.78, 5) is 20.8. The number of carbonyl (C=O) groups is 1. The number of hydrogen-bond donors (Lipinski definition) is 2. The van der Waals surface area contributed by atoms with Crippen LogP contribution in [0.5, 0.6) is 11.5 Å². The molecule has 2 bridgehead atoms. The first-order valence-corrected chi connectivity index (χ1v) is 15.0. The van der Waals surface area contributed by atoms with Crippen LogP contribution in [0, 0.1) is 17.7 Å². The summed E-state index contributed by atoms with van der Waals surface area (Å²) in [7, 11) is 3.60. The van der Waals surface area contributed by atoms with Crippen LogP contribution in [0.3, 0.4) is 0 Å². The Morgan fingerprint density at radius 1 is 1.09 bits per heavy atom. The molecule has 0 spiro atoms. The topological polar surface area (TPSA) is 98.5 Å². The fourth-order valence-corrected chi connectivity index (χ4v) is 7.43. The van der Waals surface area contributed by atoms with E-state index in [0.29, 0.717) is 40.8 Å². The number of rotatable bonds is 6. The number of aromatic hydroxyl groups is 1. The van der Waals surface area contributed by atoms with E-state index in [1.807, 2.05) is 40.8 Å². The molecular formula is C34H34FN5O3. The highest BCUT2D eigenvalue weighted by atomic mass is 19.1. The minimum absolute atomic E-state index is 0.0244. The highest BCUT2D eigenvalue weighted by Gasteiger charge is 2.47. The van der Waals surface area contributed by atoms with Crippen LogP contribution in [0.4, 0.5) is 4.39 Å². The smallest absolute Gasteiger partial charge is 0.254 e. The Hall–Kier alpha value is -4.37. The molecule has 3 aromatic carbocycles. The van der Waals surface area contributed by atoms with E-state index in [1.165, 1.54) is 25.0 Å². The van der Waals surface area contributed by atoms with Crippen LogP contribution >= 0.6 is 0 Å². The van der Waals surface area contributed by atoms with Crippen molar-refractivity contribution in [1.82, 2.24) is 19.0 Å². The third-order valence-corrected chi connectivity index (χ3v) is 9.86. The first-order valence-electron chi connectivity index (χ1n) is 15.0. The number of para-hydroxylation sites is 1. The first kappa shape index (κ1) is 26.3. The summed E-state index contributed by atoms with van der Waals surface area (Å²) in [6.45, 7) is 1.52. The molecule has 1 aliphatic heterocycles. The second kappa shape index (κ2) is 9.57. The van der Waals surface area contributed by atoms with Gasteiger partial charge in [0.2, 0.25) is 0 Å². The Morgan fingerprint density at radius 2 is 1.93 bits per heavy atom. The van der Waals surface area contributed by atoms with Crippen molar-refractivity contribution in [2.45, 2.75) is 44.3 Å². The van der Waals surface area contributed by atoms with Crippen molar-refractivity contribution in [3.63, 3.8) is 0 Å². The van der Waals surface area contributed by atoms with Crippen molar-refractivity contribution in [3.05, 3.63) is 66.0 Å². The van der Waals surface area contributed by atoms with Crippen LogP contribution in [0.2, 0.25) is 0 Å². The number of likely N-dealkylation sites (tertiary alicyclic amines) is 1. The molecule has 0 radical (unpaired) electrons. The Bertz CT molecular complexity index is 1940. The lowest BCUT2D eigenvalue weighted by Gasteiger charge is -2.27. The number of aromatic nitrogens is 3. The summed E-state index contributed by atoms with van der Waals surface area (Å²) < 4.78 is 24.6. The van der Waals surface area contributed by atoms with Gasteiger partial charge in [0.05, 0.1) is 23.8 Å². The van der Waals surface area contributed by atoms with Crippen molar-refractivity contribution in [2.24, 2.45) is 24.6 Å². The van der Waals surface area contributed by atoms with Gasteiger partial charge in [0.25, 0.3) is 5.91 Å². The van der Waals surface area contributed by atoms with E-state index < -0.39 is 5.82 Å². The van der Waals surface area contributed by atoms with Crippen molar-refractivity contribution >= 4 is 27.8 Å². The van der Waals surface area contributed by atoms with Crippen LogP contribution in [0.25, 0.3) is 44.6 Å². The van der Waals surface area contributed by atoms with Crippen molar-refractivity contribution < 1.29 is 19.0 Å². The van der Waals surface area contributed by atoms with Crippen LogP contribution in [-0.4, -0.2) is 55.8 Å². The van der Waals surface area contributed by atoms with Crippen LogP contribution in [0.15, 0.2) is 54.6 Å². The molecule has 8 rings (SSSR count). The summed E-state index contributed by atoms with van der Waals surface area (Å²) in [5, 5.41) is 10.8. The molecule has 5 aromatic rings. The lowest BCUT2D eigenvalue weighted by molar-refractivity contribution is 0.0700. The molecule has 1 saturated heterocycles. The molecule has 3 fully saturated rings. The number of ether oxygens (including phenoxy) is 1. The van der Waals surface area contributed by atoms with Gasteiger partial charge in [0.15, 0.2) is 17.4 Å². The average Bonchev–Trinajstić information content (AvgIpc) is 3.40. The van der Waals surface area contributed by atoms with E-state index in [4.69, 9.17) is 15.5 Å². The summed E-state index contributed by atoms with van der Waals surface area (Å²) in [6.07, 6.45) is 4.37. The van der Waals surface area contributed by atoms with E-state index in [1.54, 1.807) is 13.2 Å². The fourth-order valence-electron chi connectivity index (χ4n) is 7.43. The molecule has 9 heteroatoms. The summed E-state index contributed by atoms with van der Waals surface area (Å²) in [5.41, 5.74) is 12.0. The lowest BCUT2D eigenvalue weighted by atomic mass is 10.0. The van der Waals surface area contributed by atoms with Gasteiger partial charge in [-0.2, -0.15) is 0 Å². The zero-order valence-electron chi connectivity index (χ0n) is 24.3. The SMILES string of the molecule is COc1cc(C(=O)N2CC3CCC2[C@@H]3N)cc2nc(-c3cc4cccc(-c5ccc(O)c(F)c5)c4n3CC3CC3)n(C)c12. The van der Waals surface area contributed by atoms with Gasteiger partial charge in [-0.1, -0.05) is 24.3 Å². The van der Waals surface area contributed by atoms with Gasteiger partial charge in [-0.15, -0.1) is 0 Å². The molecule has 43 heavy (non-hydrogen) atoms. The molecule has 3 N–H and O–H groups in total. The standard InChI is InChI=1S/C34H34FN5O3/c1-38-32-25(13-22(15-29(32)43-2)34(42)40-17-21-8-10-26(40)30(21)36)37-33(38)27-14-20-4-3-5-23(19-9-11-28(41)24(35)12-19)31(20)39(27)16-18-6-7-18/h3-5,9,11-15,18,21,26,30,41H,6-8,10,16-17,36H2,1-2H3/t21?,26?,30-/m1/s1. The highest BCUT2D eigenvalue weighted by Crippen LogP contribution is 2.42. The number of benzene rings is 3. The molecule has 220 valence electrons. The number of phenols is 1. The molecule has 8 nitrogen and oxygen atoms in total. The van der Waals surface area contributed by atoms with Crippen LogP contribution < -0.4 is 10.5 Å². The second-order valence-corrected chi connectivity index (χ2v) is 12.5. The largest absolute Gasteiger partial charge is 0.505 e. The van der Waals surface area contributed by atoms with Crippen molar-refractivity contribution in [2.75, 3.05) is 13.7 Å². The zero-order chi connectivity index (χ0) is 29.6. The highest BCUT2D eigenvalue weighted by molar-refractivity contribution is 6.01. The summed E-state index contributed by atoms with van der Waals surface area (Å²) >= 11 is 0. The molecule has 3 aliphatic rings. The Morgan fingerprint density at radius 3 is 2.63 bits per heavy atom. The Balaban J connectivity index is 1.28. The monoisotopic (exact) mass is 579 g/mol. The second-order valence-electron chi connectivity index (χ2n) is 12.5. The number of nitrogens with zero attached hydrogens (tertiary/aromatic N) is 4. The Kier molecular flexibility index (Phi) is 5.85. The van der Waals surface area contributed by atoms with E-state index in [2.05, 4.69) is 16.7 Å². The van der Waals surface area contributed by atoms with Gasteiger partial charge >= 0.3 is 0 Å². The Labute approximate surface area is 248 Å². The number of piperidine rings is 1. The number of fused-ring (bicyclic) bond motifs is 4. The number of aryl methyl sites for hydroxylation is 1. The molecule has 3 atom stereocenters. The minimum atomic E-state index is -0.647. The number of halogens is 1. The van der Waals surface area contributed by atoms with Gasteiger partial charge in [0.1, 0.15) is 11.3 Å². The number of amides is 1. The minimum Gasteiger partial charge on any atom is -0.505 e. The third-order valence-electron chi connectivity index (χ3n) is 9.86. The molecule has 3 heterocycles. The lowest BCUT2D eigenvalue weighted by Crippen LogP contribution is -2.41. The summed E-state index contributed by atoms with van der Waals surface area (Å²) in [5.74, 6) is 1.26. The maximum absolute atomic E-state index is 14.4. The van der Waals surface area contributed by atoms with Gasteiger partial charge in [-0.05, 0) is 73.4 Å². The predicted octanol–water partition coefficient (Wildman–Crippen LogP) is 5.69. The number of hydrogen-bond acceptors (Lipinski definition) is 5. The van der Waals surface area contributed by atoms with E-state index in [9.17, 15) is 14.3 Å². The van der Waals surface area contributed by atoms with E-state index in [0.717, 1.165) is 52.9 Å². The van der Waals surface area contributed by atoms with Crippen LogP contribution in [-0.2, 0) is 13.6 Å². The predicted molar refractivity (Wildman–Crippen MR) is 164 cm³/mol. The van der Waals surface area contributed by atoms with E-state index >= 15 is 0 Å². The van der Waals surface area contributed by atoms with E-state index in [-0.39, 0.29) is 23.7 Å². The molecule has 1 amide bonds. The van der Waals surface area contributed by atoms with Gasteiger partial charge in [0, 0.05) is 48.7 Å². The fraction of sp³-hybridized carbons (Fsp3) is 0.353. The maximum Gasteiger partial charge on any atom is 0.254 e. The number of phenolic OH excluding ortho intramolecular Hbond substituents is 1. The number of imidazole rings is 1. The quantitative estimate of drug-likeness (QED) is 0.270. The molecule has 2 aliphatic carbocycles. The average molecular weight is 580 g/mol. The number of nitrogens with two attached hydrogens (primary N) is 1. The van der Waals surface area contributed by atoms with Gasteiger partial charge < -0.3 is 29.6 Å². The molecule has 2 saturated carbocycles. The number of carbonyl (C=O) groups excluding carboxylic acids is 1. The molecule has 2 aromatic heterocycles. The zero-order valence-corrected chi connectivity index (χ0v) is 24.3. The maximum atomic E-state index is 14.4. The van der Waals surface area contributed by atoms with Crippen molar-refractivity contribution in [1.29, 1.82) is 0 Å². The third kappa shape index (κ3) is 4.05. The number of methoxy groups -OCH3 is 1. The molecular weight excluding hydrogens is 545 g/mol. The van der Waals surface area contributed by atoms with Gasteiger partial charge in [-0.25, -0.2) is 9.37 Å². The first-order chi connectivity index (χ1) is 20.8. The van der Waals surface area contributed by atoms with Crippen molar-refractivity contribution in [3.8, 4) is 34.1 Å². The molecule has 2 unspecified atom stereocenters. The van der Waals surface area contributed by atoms with Crippen LogP contribution in [0.1, 0.15) is 36.0 Å². The normalized spacial score (nSPS) is 21.4. The summed E-state index contributed by atoms with van der Waals surface area (Å²) in [6, 6.07) is 16.5. The van der Waals surface area contributed by atoms with Gasteiger partial charge in [-0.3, -0.25) is 4.79 Å².